The molecule has 1 atom stereocenters. The van der Waals surface area contributed by atoms with Crippen LogP contribution in [0.5, 0.6) is 0 Å². The minimum Gasteiger partial charge on any atom is -0.365 e. The maximum Gasteiger partial charge on any atom is 0.103 e. The Morgan fingerprint density at radius 2 is 2.18 bits per heavy atom. The zero-order chi connectivity index (χ0) is 11.7. The fourth-order valence-corrected chi connectivity index (χ4v) is 2.24. The number of fused-ring (bicyclic) bond motifs is 1. The Hall–Kier alpha value is -1.39. The largest absolute Gasteiger partial charge is 0.365 e. The van der Waals surface area contributed by atoms with Crippen molar-refractivity contribution >= 4 is 11.6 Å². The van der Waals surface area contributed by atoms with Crippen LogP contribution in [-0.4, -0.2) is 15.0 Å². The van der Waals surface area contributed by atoms with Crippen LogP contribution in [0.3, 0.4) is 0 Å². The molecular formula is C12H12ClN3O. The number of rotatable bonds is 2. The molecule has 1 aliphatic rings. The van der Waals surface area contributed by atoms with Crippen molar-refractivity contribution < 1.29 is 4.74 Å². The molecule has 0 radical (unpaired) electrons. The highest BCUT2D eigenvalue weighted by Gasteiger charge is 2.24. The third-order valence-electron chi connectivity index (χ3n) is 2.98. The van der Waals surface area contributed by atoms with Crippen molar-refractivity contribution in [2.45, 2.75) is 25.1 Å². The summed E-state index contributed by atoms with van der Waals surface area (Å²) >= 11 is 5.79. The van der Waals surface area contributed by atoms with E-state index in [4.69, 9.17) is 16.3 Å². The number of alkyl halides is 1. The monoisotopic (exact) mass is 249 g/mol. The van der Waals surface area contributed by atoms with E-state index in [1.165, 1.54) is 5.56 Å². The molecule has 0 saturated carbocycles. The molecule has 0 amide bonds. The van der Waals surface area contributed by atoms with Gasteiger partial charge in [0.05, 0.1) is 24.7 Å². The van der Waals surface area contributed by atoms with Crippen molar-refractivity contribution in [1.29, 1.82) is 0 Å². The van der Waals surface area contributed by atoms with E-state index in [-0.39, 0.29) is 6.10 Å². The van der Waals surface area contributed by atoms with E-state index in [2.05, 4.69) is 22.4 Å². The predicted octanol–water partition coefficient (Wildman–Crippen LogP) is 2.29. The number of hydrogen-bond donors (Lipinski definition) is 0. The Balaban J connectivity index is 1.86. The van der Waals surface area contributed by atoms with Gasteiger partial charge in [-0.2, -0.15) is 0 Å². The molecule has 0 bridgehead atoms. The molecule has 3 rings (SSSR count). The first kappa shape index (κ1) is 10.7. The van der Waals surface area contributed by atoms with Gasteiger partial charge in [-0.1, -0.05) is 35.5 Å². The second kappa shape index (κ2) is 4.47. The van der Waals surface area contributed by atoms with Gasteiger partial charge in [0.2, 0.25) is 0 Å². The van der Waals surface area contributed by atoms with Crippen LogP contribution in [0.25, 0.3) is 0 Å². The molecule has 0 aliphatic carbocycles. The van der Waals surface area contributed by atoms with Crippen molar-refractivity contribution in [3.63, 3.8) is 0 Å². The lowest BCUT2D eigenvalue weighted by atomic mass is 10.1. The Morgan fingerprint density at radius 3 is 2.94 bits per heavy atom. The molecule has 88 valence electrons. The fourth-order valence-electron chi connectivity index (χ4n) is 2.04. The first-order valence-electron chi connectivity index (χ1n) is 5.52. The summed E-state index contributed by atoms with van der Waals surface area (Å²) in [5.74, 6) is 0.384. The molecule has 1 unspecified atom stereocenters. The van der Waals surface area contributed by atoms with Gasteiger partial charge in [0, 0.05) is 0 Å². The van der Waals surface area contributed by atoms with Crippen LogP contribution >= 0.6 is 11.6 Å². The molecule has 17 heavy (non-hydrogen) atoms. The van der Waals surface area contributed by atoms with Gasteiger partial charge in [0.1, 0.15) is 11.8 Å². The smallest absolute Gasteiger partial charge is 0.103 e. The lowest BCUT2D eigenvalue weighted by molar-refractivity contribution is -0.00170. The van der Waals surface area contributed by atoms with Crippen molar-refractivity contribution in [1.82, 2.24) is 15.0 Å². The van der Waals surface area contributed by atoms with Crippen molar-refractivity contribution in [3.05, 3.63) is 47.3 Å². The Kier molecular flexibility index (Phi) is 2.82. The van der Waals surface area contributed by atoms with Crippen LogP contribution in [0.1, 0.15) is 23.1 Å². The number of hydrogen-bond acceptors (Lipinski definition) is 3. The quantitative estimate of drug-likeness (QED) is 0.767. The second-order valence-corrected chi connectivity index (χ2v) is 4.28. The lowest BCUT2D eigenvalue weighted by Crippen LogP contribution is -2.22. The maximum absolute atomic E-state index is 5.83. The Labute approximate surface area is 104 Å². The summed E-state index contributed by atoms with van der Waals surface area (Å²) in [5, 5.41) is 8.15. The molecule has 0 N–H and O–H groups in total. The van der Waals surface area contributed by atoms with Crippen LogP contribution in [0.2, 0.25) is 0 Å². The summed E-state index contributed by atoms with van der Waals surface area (Å²) < 4.78 is 7.72. The molecule has 1 aliphatic heterocycles. The Bertz CT molecular complexity index is 512. The van der Waals surface area contributed by atoms with Gasteiger partial charge >= 0.3 is 0 Å². The summed E-state index contributed by atoms with van der Waals surface area (Å²) in [6, 6.07) is 10.2. The van der Waals surface area contributed by atoms with E-state index in [1.807, 2.05) is 22.9 Å². The van der Waals surface area contributed by atoms with Gasteiger partial charge in [-0.3, -0.25) is 0 Å². The predicted molar refractivity (Wildman–Crippen MR) is 63.6 cm³/mol. The number of aromatic nitrogens is 3. The van der Waals surface area contributed by atoms with Crippen molar-refractivity contribution in [2.75, 3.05) is 0 Å². The average Bonchev–Trinajstić information content (AvgIpc) is 2.81. The first-order chi connectivity index (χ1) is 8.38. The summed E-state index contributed by atoms with van der Waals surface area (Å²) in [5.41, 5.74) is 2.98. The van der Waals surface area contributed by atoms with E-state index in [1.54, 1.807) is 0 Å². The van der Waals surface area contributed by atoms with Gasteiger partial charge in [-0.15, -0.1) is 16.7 Å². The van der Waals surface area contributed by atoms with E-state index in [9.17, 15) is 0 Å². The highest BCUT2D eigenvalue weighted by molar-refractivity contribution is 6.16. The van der Waals surface area contributed by atoms with Gasteiger partial charge in [0.25, 0.3) is 0 Å². The molecule has 0 spiro atoms. The van der Waals surface area contributed by atoms with Crippen LogP contribution in [-0.2, 0) is 23.8 Å². The normalized spacial score (nSPS) is 19.0. The van der Waals surface area contributed by atoms with Gasteiger partial charge < -0.3 is 4.74 Å². The minimum atomic E-state index is 0.0496. The van der Waals surface area contributed by atoms with Gasteiger partial charge in [0.15, 0.2) is 0 Å². The second-order valence-electron chi connectivity index (χ2n) is 4.01. The zero-order valence-electron chi connectivity index (χ0n) is 9.21. The molecular weight excluding hydrogens is 238 g/mol. The maximum atomic E-state index is 5.83. The summed E-state index contributed by atoms with van der Waals surface area (Å²) in [6.07, 6.45) is 0.0496. The van der Waals surface area contributed by atoms with Crippen LogP contribution in [0.4, 0.5) is 0 Å². The summed E-state index contributed by atoms with van der Waals surface area (Å²) in [7, 11) is 0. The van der Waals surface area contributed by atoms with E-state index < -0.39 is 0 Å². The lowest BCUT2D eigenvalue weighted by Gasteiger charge is -2.24. The van der Waals surface area contributed by atoms with Gasteiger partial charge in [-0.25, -0.2) is 4.68 Å². The highest BCUT2D eigenvalue weighted by atomic mass is 35.5. The first-order valence-corrected chi connectivity index (χ1v) is 6.05. The van der Waals surface area contributed by atoms with Crippen molar-refractivity contribution in [3.8, 4) is 0 Å². The number of nitrogens with zero attached hydrogens (tertiary/aromatic N) is 3. The number of benzene rings is 1. The minimum absolute atomic E-state index is 0.0496. The highest BCUT2D eigenvalue weighted by Crippen LogP contribution is 2.26. The Morgan fingerprint density at radius 1 is 1.35 bits per heavy atom. The summed E-state index contributed by atoms with van der Waals surface area (Å²) in [4.78, 5) is 0. The third-order valence-corrected chi connectivity index (χ3v) is 3.23. The number of ether oxygens (including phenoxy) is 1. The topological polar surface area (TPSA) is 39.9 Å². The standard InChI is InChI=1S/C12H12ClN3O/c13-6-10-11-8-17-12(7-16(11)15-14-10)9-4-2-1-3-5-9/h1-5,12H,6-8H2. The fraction of sp³-hybridized carbons (Fsp3) is 0.333. The van der Waals surface area contributed by atoms with Gasteiger partial charge in [-0.05, 0) is 5.56 Å². The van der Waals surface area contributed by atoms with Crippen LogP contribution in [0, 0.1) is 0 Å². The van der Waals surface area contributed by atoms with E-state index >= 15 is 0 Å². The average molecular weight is 250 g/mol. The molecule has 2 aromatic rings. The summed E-state index contributed by atoms with van der Waals surface area (Å²) in [6.45, 7) is 1.22. The van der Waals surface area contributed by atoms with Crippen LogP contribution in [0.15, 0.2) is 30.3 Å². The van der Waals surface area contributed by atoms with Crippen molar-refractivity contribution in [2.24, 2.45) is 0 Å². The van der Waals surface area contributed by atoms with E-state index in [0.29, 0.717) is 19.0 Å². The molecule has 1 aromatic heterocycles. The molecule has 1 aromatic carbocycles. The molecule has 0 fully saturated rings. The third kappa shape index (κ3) is 1.94. The SMILES string of the molecule is ClCc1nnn2c1COC(c1ccccc1)C2. The molecule has 4 nitrogen and oxygen atoms in total. The molecule has 2 heterocycles. The molecule has 5 heteroatoms. The van der Waals surface area contributed by atoms with Crippen LogP contribution < -0.4 is 0 Å². The zero-order valence-corrected chi connectivity index (χ0v) is 9.97. The number of halogens is 1. The van der Waals surface area contributed by atoms with E-state index in [0.717, 1.165) is 11.4 Å². The molecule has 0 saturated heterocycles.